The third-order valence-corrected chi connectivity index (χ3v) is 3.85. The Kier molecular flexibility index (Phi) is 3.97. The zero-order valence-electron chi connectivity index (χ0n) is 11.9. The van der Waals surface area contributed by atoms with Gasteiger partial charge in [-0.3, -0.25) is 0 Å². The topological polar surface area (TPSA) is 46.0 Å². The number of hydrogen-bond acceptors (Lipinski definition) is 4. The van der Waals surface area contributed by atoms with Crippen LogP contribution in [-0.4, -0.2) is 45.8 Å². The highest BCUT2D eigenvalue weighted by molar-refractivity contribution is 5.45. The van der Waals surface area contributed by atoms with Crippen molar-refractivity contribution in [3.05, 3.63) is 42.5 Å². The molecular formula is C15H21N5. The predicted molar refractivity (Wildman–Crippen MR) is 79.7 cm³/mol. The first-order valence-electron chi connectivity index (χ1n) is 7.16. The fourth-order valence-corrected chi connectivity index (χ4v) is 2.60. The second-order valence-corrected chi connectivity index (χ2v) is 5.51. The molecule has 1 aromatic carbocycles. The number of hydrogen-bond donors (Lipinski definition) is 1. The molecule has 0 amide bonds. The minimum Gasteiger partial charge on any atom is -0.382 e. The first-order valence-corrected chi connectivity index (χ1v) is 7.16. The van der Waals surface area contributed by atoms with Gasteiger partial charge in [-0.05, 0) is 50.7 Å². The van der Waals surface area contributed by atoms with Crippen molar-refractivity contribution in [3.8, 4) is 0 Å². The van der Waals surface area contributed by atoms with E-state index in [1.807, 2.05) is 4.68 Å². The summed E-state index contributed by atoms with van der Waals surface area (Å²) >= 11 is 0. The average Bonchev–Trinajstić information content (AvgIpc) is 2.96. The minimum absolute atomic E-state index is 0.604. The molecule has 2 heterocycles. The normalized spacial score (nSPS) is 17.2. The number of nitrogens with one attached hydrogen (secondary N) is 1. The maximum Gasteiger partial charge on any atom is 0.137 e. The third-order valence-electron chi connectivity index (χ3n) is 3.85. The molecule has 1 aliphatic rings. The molecule has 1 aromatic heterocycles. The molecule has 1 fully saturated rings. The van der Waals surface area contributed by atoms with Crippen molar-refractivity contribution in [2.24, 2.45) is 0 Å². The van der Waals surface area contributed by atoms with Crippen LogP contribution in [0.3, 0.4) is 0 Å². The van der Waals surface area contributed by atoms with Gasteiger partial charge < -0.3 is 10.2 Å². The maximum atomic E-state index is 4.12. The van der Waals surface area contributed by atoms with Gasteiger partial charge in [0, 0.05) is 11.7 Å². The Balaban J connectivity index is 1.56. The van der Waals surface area contributed by atoms with E-state index >= 15 is 0 Å². The smallest absolute Gasteiger partial charge is 0.137 e. The third kappa shape index (κ3) is 3.36. The zero-order chi connectivity index (χ0) is 13.8. The Hall–Kier alpha value is -1.88. The molecule has 0 bridgehead atoms. The average molecular weight is 271 g/mol. The van der Waals surface area contributed by atoms with E-state index in [4.69, 9.17) is 0 Å². The molecule has 0 aliphatic carbocycles. The Morgan fingerprint density at radius 3 is 2.60 bits per heavy atom. The molecule has 1 saturated heterocycles. The molecule has 2 aromatic rings. The number of rotatable bonds is 4. The maximum absolute atomic E-state index is 4.12. The molecule has 1 aliphatic heterocycles. The van der Waals surface area contributed by atoms with Crippen LogP contribution in [0.25, 0.3) is 0 Å². The highest BCUT2D eigenvalue weighted by Gasteiger charge is 2.15. The summed E-state index contributed by atoms with van der Waals surface area (Å²) in [6.45, 7) is 3.14. The van der Waals surface area contributed by atoms with Crippen LogP contribution in [0.15, 0.2) is 36.9 Å². The first-order chi connectivity index (χ1) is 9.79. The lowest BCUT2D eigenvalue weighted by molar-refractivity contribution is 0.264. The van der Waals surface area contributed by atoms with Gasteiger partial charge in [0.05, 0.1) is 6.54 Å². The number of likely N-dealkylation sites (tertiary alicyclic amines) is 1. The van der Waals surface area contributed by atoms with Crippen LogP contribution >= 0.6 is 0 Å². The summed E-state index contributed by atoms with van der Waals surface area (Å²) in [4.78, 5) is 6.34. The molecule has 106 valence electrons. The molecular weight excluding hydrogens is 250 g/mol. The van der Waals surface area contributed by atoms with E-state index in [1.54, 1.807) is 12.7 Å². The van der Waals surface area contributed by atoms with E-state index in [0.717, 1.165) is 6.54 Å². The quantitative estimate of drug-likeness (QED) is 0.921. The monoisotopic (exact) mass is 271 g/mol. The number of aromatic nitrogens is 3. The van der Waals surface area contributed by atoms with Gasteiger partial charge in [-0.15, -0.1) is 0 Å². The number of benzene rings is 1. The standard InChI is InChI=1S/C15H21N5/c1-19-8-6-15(7-9-19)18-14-4-2-13(3-5-14)10-20-12-16-11-17-20/h2-5,11-12,15,18H,6-10H2,1H3. The van der Waals surface area contributed by atoms with Gasteiger partial charge in [0.25, 0.3) is 0 Å². The van der Waals surface area contributed by atoms with Gasteiger partial charge in [-0.25, -0.2) is 9.67 Å². The van der Waals surface area contributed by atoms with Crippen molar-refractivity contribution in [2.75, 3.05) is 25.5 Å². The van der Waals surface area contributed by atoms with Crippen molar-refractivity contribution >= 4 is 5.69 Å². The zero-order valence-corrected chi connectivity index (χ0v) is 11.9. The SMILES string of the molecule is CN1CCC(Nc2ccc(Cn3cncn3)cc2)CC1. The van der Waals surface area contributed by atoms with Crippen LogP contribution in [0, 0.1) is 0 Å². The molecule has 0 unspecified atom stereocenters. The Morgan fingerprint density at radius 2 is 1.95 bits per heavy atom. The summed E-state index contributed by atoms with van der Waals surface area (Å²) in [6.07, 6.45) is 5.75. The van der Waals surface area contributed by atoms with Crippen LogP contribution in [0.4, 0.5) is 5.69 Å². The van der Waals surface area contributed by atoms with Gasteiger partial charge in [0.1, 0.15) is 12.7 Å². The highest BCUT2D eigenvalue weighted by Crippen LogP contribution is 2.16. The molecule has 5 heteroatoms. The van der Waals surface area contributed by atoms with E-state index in [-0.39, 0.29) is 0 Å². The van der Waals surface area contributed by atoms with Crippen molar-refractivity contribution in [2.45, 2.75) is 25.4 Å². The van der Waals surface area contributed by atoms with Crippen molar-refractivity contribution < 1.29 is 0 Å². The van der Waals surface area contributed by atoms with Gasteiger partial charge in [-0.1, -0.05) is 12.1 Å². The molecule has 0 saturated carbocycles. The minimum atomic E-state index is 0.604. The largest absolute Gasteiger partial charge is 0.382 e. The molecule has 3 rings (SSSR count). The molecule has 0 atom stereocenters. The lowest BCUT2D eigenvalue weighted by Crippen LogP contribution is -2.36. The number of nitrogens with zero attached hydrogens (tertiary/aromatic N) is 4. The molecule has 1 N–H and O–H groups in total. The summed E-state index contributed by atoms with van der Waals surface area (Å²) in [7, 11) is 2.19. The van der Waals surface area contributed by atoms with E-state index < -0.39 is 0 Å². The van der Waals surface area contributed by atoms with Gasteiger partial charge in [0.15, 0.2) is 0 Å². The van der Waals surface area contributed by atoms with Crippen LogP contribution < -0.4 is 5.32 Å². The summed E-state index contributed by atoms with van der Waals surface area (Å²) in [5.74, 6) is 0. The predicted octanol–water partition coefficient (Wildman–Crippen LogP) is 1.83. The lowest BCUT2D eigenvalue weighted by atomic mass is 10.0. The van der Waals surface area contributed by atoms with Crippen molar-refractivity contribution in [1.29, 1.82) is 0 Å². The molecule has 20 heavy (non-hydrogen) atoms. The van der Waals surface area contributed by atoms with Gasteiger partial charge in [-0.2, -0.15) is 5.10 Å². The second-order valence-electron chi connectivity index (χ2n) is 5.51. The van der Waals surface area contributed by atoms with E-state index in [0.29, 0.717) is 6.04 Å². The van der Waals surface area contributed by atoms with Gasteiger partial charge in [0.2, 0.25) is 0 Å². The van der Waals surface area contributed by atoms with Gasteiger partial charge >= 0.3 is 0 Å². The summed E-state index contributed by atoms with van der Waals surface area (Å²) < 4.78 is 1.83. The van der Waals surface area contributed by atoms with E-state index in [2.05, 4.69) is 51.6 Å². The van der Waals surface area contributed by atoms with Crippen LogP contribution in [0.1, 0.15) is 18.4 Å². The fourth-order valence-electron chi connectivity index (χ4n) is 2.60. The van der Waals surface area contributed by atoms with Crippen molar-refractivity contribution in [1.82, 2.24) is 19.7 Å². The van der Waals surface area contributed by atoms with E-state index in [9.17, 15) is 0 Å². The van der Waals surface area contributed by atoms with Crippen LogP contribution in [0.5, 0.6) is 0 Å². The van der Waals surface area contributed by atoms with Crippen molar-refractivity contribution in [3.63, 3.8) is 0 Å². The summed E-state index contributed by atoms with van der Waals surface area (Å²) in [5.41, 5.74) is 2.45. The highest BCUT2D eigenvalue weighted by atomic mass is 15.3. The Bertz CT molecular complexity index is 512. The van der Waals surface area contributed by atoms with E-state index in [1.165, 1.54) is 37.2 Å². The Morgan fingerprint density at radius 1 is 1.20 bits per heavy atom. The summed E-state index contributed by atoms with van der Waals surface area (Å²) in [5, 5.41) is 7.75. The first kappa shape index (κ1) is 13.1. The Labute approximate surface area is 119 Å². The molecule has 0 spiro atoms. The van der Waals surface area contributed by atoms with Crippen LogP contribution in [0.2, 0.25) is 0 Å². The molecule has 5 nitrogen and oxygen atoms in total. The molecule has 0 radical (unpaired) electrons. The lowest BCUT2D eigenvalue weighted by Gasteiger charge is -2.30. The number of anilines is 1. The summed E-state index contributed by atoms with van der Waals surface area (Å²) in [6, 6.07) is 9.22. The van der Waals surface area contributed by atoms with Crippen LogP contribution in [-0.2, 0) is 6.54 Å². The second kappa shape index (κ2) is 6.05. The fraction of sp³-hybridized carbons (Fsp3) is 0.467. The number of piperidine rings is 1.